The molecule has 0 heterocycles. The molecule has 0 aromatic carbocycles. The Bertz CT molecular complexity index is 566. The van der Waals surface area contributed by atoms with Crippen LogP contribution < -0.4 is 0 Å². The zero-order chi connectivity index (χ0) is 18.7. The van der Waals surface area contributed by atoms with Crippen molar-refractivity contribution in [1.29, 1.82) is 0 Å². The van der Waals surface area contributed by atoms with Crippen molar-refractivity contribution in [3.8, 4) is 0 Å². The van der Waals surface area contributed by atoms with Crippen LogP contribution >= 0.6 is 0 Å². The molecular weight excluding hydrogens is 432 g/mol. The van der Waals surface area contributed by atoms with Gasteiger partial charge in [-0.05, 0) is 0 Å². The molecule has 0 radical (unpaired) electrons. The van der Waals surface area contributed by atoms with Crippen LogP contribution in [0, 0.1) is 47.3 Å². The van der Waals surface area contributed by atoms with Gasteiger partial charge in [-0.15, -0.1) is 0 Å². The first-order valence-corrected chi connectivity index (χ1v) is 18.7. The molecule has 8 saturated carbocycles. The van der Waals surface area contributed by atoms with Crippen LogP contribution in [0.3, 0.4) is 0 Å². The summed E-state index contributed by atoms with van der Waals surface area (Å²) in [7, 11) is 0. The zero-order valence-corrected chi connectivity index (χ0v) is 20.7. The molecular formula is C28H44Mo. The maximum absolute atomic E-state index is 2.05. The van der Waals surface area contributed by atoms with Gasteiger partial charge >= 0.3 is 183 Å². The van der Waals surface area contributed by atoms with Crippen LogP contribution in [0.4, 0.5) is 0 Å². The summed E-state index contributed by atoms with van der Waals surface area (Å²) in [5.74, 6) is 9.80. The number of hydrogen-bond donors (Lipinski definition) is 0. The fourth-order valence-corrected chi connectivity index (χ4v) is 33.7. The van der Waals surface area contributed by atoms with Crippen LogP contribution in [0.15, 0.2) is 0 Å². The summed E-state index contributed by atoms with van der Waals surface area (Å²) < 4.78 is 5.48. The van der Waals surface area contributed by atoms with E-state index >= 15 is 0 Å². The molecule has 0 N–H and O–H groups in total. The van der Waals surface area contributed by atoms with Gasteiger partial charge < -0.3 is 0 Å². The minimum absolute atomic E-state index is 1.20. The topological polar surface area (TPSA) is 0 Å². The van der Waals surface area contributed by atoms with E-state index in [4.69, 9.17) is 0 Å². The predicted octanol–water partition coefficient (Wildman–Crippen LogP) is 8.57. The van der Waals surface area contributed by atoms with E-state index in [9.17, 15) is 0 Å². The first-order valence-electron chi connectivity index (χ1n) is 14.1. The first-order chi connectivity index (χ1) is 14.3. The van der Waals surface area contributed by atoms with E-state index in [0.717, 1.165) is 0 Å². The van der Waals surface area contributed by atoms with Gasteiger partial charge in [0.15, 0.2) is 0 Å². The minimum atomic E-state index is -2.05. The monoisotopic (exact) mass is 478 g/mol. The van der Waals surface area contributed by atoms with E-state index < -0.39 is 16.1 Å². The molecule has 0 aliphatic heterocycles. The van der Waals surface area contributed by atoms with Crippen molar-refractivity contribution < 1.29 is 16.1 Å². The molecule has 0 aromatic heterocycles. The van der Waals surface area contributed by atoms with Crippen LogP contribution in [0.2, 0.25) is 17.2 Å². The third-order valence-electron chi connectivity index (χ3n) is 12.8. The number of fused-ring (bicyclic) bond motifs is 8. The Morgan fingerprint density at radius 3 is 0.759 bits per heavy atom. The Morgan fingerprint density at radius 1 is 0.310 bits per heavy atom. The van der Waals surface area contributed by atoms with Crippen molar-refractivity contribution in [2.24, 2.45) is 47.3 Å². The van der Waals surface area contributed by atoms with E-state index in [-0.39, 0.29) is 0 Å². The Hall–Kier alpha value is 0.688. The van der Waals surface area contributed by atoms with Crippen molar-refractivity contribution in [2.45, 2.75) is 120 Å². The second kappa shape index (κ2) is 6.39. The number of rotatable bonds is 4. The summed E-state index contributed by atoms with van der Waals surface area (Å²) in [6, 6.07) is 0. The summed E-state index contributed by atoms with van der Waals surface area (Å²) >= 11 is -2.05. The van der Waals surface area contributed by atoms with E-state index in [1.807, 2.05) is 0 Å². The van der Waals surface area contributed by atoms with Crippen molar-refractivity contribution in [2.75, 3.05) is 0 Å². The van der Waals surface area contributed by atoms with Crippen LogP contribution in [-0.4, -0.2) is 0 Å². The van der Waals surface area contributed by atoms with Crippen molar-refractivity contribution in [3.05, 3.63) is 0 Å². The summed E-state index contributed by atoms with van der Waals surface area (Å²) in [6.07, 6.45) is 27.3. The Balaban J connectivity index is 1.29. The third kappa shape index (κ3) is 2.38. The standard InChI is InChI=1S/4C7H11.Mo/c4*1-2-7-4-3-6(1)5-7;/h4*1,6-7H,2-5H2;. The Kier molecular flexibility index (Phi) is 4.00. The van der Waals surface area contributed by atoms with Gasteiger partial charge in [0.05, 0.1) is 0 Å². The Morgan fingerprint density at radius 2 is 0.586 bits per heavy atom. The molecule has 0 spiro atoms. The molecule has 8 fully saturated rings. The second-order valence-corrected chi connectivity index (χ2v) is 23.6. The molecule has 0 amide bonds. The molecule has 0 saturated heterocycles. The average molecular weight is 477 g/mol. The van der Waals surface area contributed by atoms with Crippen LogP contribution in [-0.2, 0) is 16.1 Å². The molecule has 8 aliphatic rings. The first kappa shape index (κ1) is 18.2. The van der Waals surface area contributed by atoms with Gasteiger partial charge in [0.25, 0.3) is 0 Å². The van der Waals surface area contributed by atoms with E-state index in [0.29, 0.717) is 0 Å². The summed E-state index contributed by atoms with van der Waals surface area (Å²) in [4.78, 5) is 0. The molecule has 8 aliphatic carbocycles. The molecule has 29 heavy (non-hydrogen) atoms. The molecule has 0 aromatic rings. The molecule has 0 nitrogen and oxygen atoms in total. The molecule has 12 atom stereocenters. The van der Waals surface area contributed by atoms with Gasteiger partial charge in [0.2, 0.25) is 0 Å². The summed E-state index contributed by atoms with van der Waals surface area (Å²) in [6.45, 7) is 0. The van der Waals surface area contributed by atoms with E-state index in [2.05, 4.69) is 0 Å². The SMILES string of the molecule is C1CC2CC1C[CH]2[Mo]([CH]1CC2CCC1C2)([CH]1CC2CCC1C2)[CH]1CC2CCC1C2. The van der Waals surface area contributed by atoms with Crippen molar-refractivity contribution >= 4 is 0 Å². The maximum atomic E-state index is 1.78. The zero-order valence-electron chi connectivity index (χ0n) is 18.7. The fraction of sp³-hybridized carbons (Fsp3) is 1.00. The van der Waals surface area contributed by atoms with Gasteiger partial charge in [-0.3, -0.25) is 0 Å². The van der Waals surface area contributed by atoms with Gasteiger partial charge in [-0.1, -0.05) is 0 Å². The normalized spacial score (nSPS) is 62.3. The molecule has 8 rings (SSSR count). The van der Waals surface area contributed by atoms with Crippen molar-refractivity contribution in [1.82, 2.24) is 0 Å². The van der Waals surface area contributed by atoms with Crippen LogP contribution in [0.1, 0.15) is 103 Å². The Labute approximate surface area is 182 Å². The van der Waals surface area contributed by atoms with Crippen molar-refractivity contribution in [3.63, 3.8) is 0 Å². The van der Waals surface area contributed by atoms with Crippen LogP contribution in [0.5, 0.6) is 0 Å². The second-order valence-electron chi connectivity index (χ2n) is 13.7. The van der Waals surface area contributed by atoms with Crippen LogP contribution in [0.25, 0.3) is 0 Å². The number of hydrogen-bond acceptors (Lipinski definition) is 0. The summed E-state index contributed by atoms with van der Waals surface area (Å²) in [5, 5.41) is 0. The summed E-state index contributed by atoms with van der Waals surface area (Å²) in [5.41, 5.74) is 0. The van der Waals surface area contributed by atoms with E-state index in [1.165, 1.54) is 64.6 Å². The molecule has 12 unspecified atom stereocenters. The molecule has 8 bridgehead atoms. The predicted molar refractivity (Wildman–Crippen MR) is 117 cm³/mol. The average Bonchev–Trinajstić information content (AvgIpc) is 3.58. The van der Waals surface area contributed by atoms with Gasteiger partial charge in [0.1, 0.15) is 0 Å². The quantitative estimate of drug-likeness (QED) is 0.357. The van der Waals surface area contributed by atoms with E-state index in [1.54, 1.807) is 103 Å². The van der Waals surface area contributed by atoms with Gasteiger partial charge in [0, 0.05) is 0 Å². The van der Waals surface area contributed by atoms with Gasteiger partial charge in [-0.2, -0.15) is 0 Å². The third-order valence-corrected chi connectivity index (χ3v) is 28.8. The van der Waals surface area contributed by atoms with Gasteiger partial charge in [-0.25, -0.2) is 0 Å². The molecule has 162 valence electrons. The fourth-order valence-electron chi connectivity index (χ4n) is 12.1. The molecule has 1 heteroatoms.